The summed E-state index contributed by atoms with van der Waals surface area (Å²) in [6, 6.07) is 11.8. The molecule has 0 saturated heterocycles. The number of rotatable bonds is 12. The summed E-state index contributed by atoms with van der Waals surface area (Å²) in [5, 5.41) is 21.4. The molecule has 1 amide bonds. The Morgan fingerprint density at radius 2 is 1.86 bits per heavy atom. The third-order valence-corrected chi connectivity index (χ3v) is 7.35. The second kappa shape index (κ2) is 13.4. The Labute approximate surface area is 259 Å². The largest absolute Gasteiger partial charge is 0.494 e. The molecule has 2 heterocycles. The zero-order chi connectivity index (χ0) is 32.2. The summed E-state index contributed by atoms with van der Waals surface area (Å²) in [5.74, 6) is 0.538. The first-order valence-corrected chi connectivity index (χ1v) is 14.5. The van der Waals surface area contributed by atoms with Crippen LogP contribution in [0.3, 0.4) is 0 Å². The van der Waals surface area contributed by atoms with Gasteiger partial charge in [-0.1, -0.05) is 45.5 Å². The predicted molar refractivity (Wildman–Crippen MR) is 180 cm³/mol. The van der Waals surface area contributed by atoms with Crippen molar-refractivity contribution in [2.45, 2.75) is 27.0 Å². The smallest absolute Gasteiger partial charge is 0.247 e. The maximum atomic E-state index is 12.4. The van der Waals surface area contributed by atoms with Crippen LogP contribution >= 0.6 is 0 Å². The lowest BCUT2D eigenvalue weighted by Crippen LogP contribution is -2.33. The van der Waals surface area contributed by atoms with E-state index in [1.807, 2.05) is 84.0 Å². The van der Waals surface area contributed by atoms with Crippen molar-refractivity contribution in [2.24, 2.45) is 12.5 Å². The molecule has 0 spiro atoms. The van der Waals surface area contributed by atoms with Gasteiger partial charge in [0.2, 0.25) is 11.9 Å². The Morgan fingerprint density at radius 1 is 1.14 bits per heavy atom. The van der Waals surface area contributed by atoms with Crippen molar-refractivity contribution >= 4 is 45.5 Å². The molecule has 1 atom stereocenters. The molecule has 1 unspecified atom stereocenters. The summed E-state index contributed by atoms with van der Waals surface area (Å²) in [4.78, 5) is 26.1. The topological polar surface area (TPSA) is 120 Å². The highest BCUT2D eigenvalue weighted by Crippen LogP contribution is 2.39. The number of carbonyl (C=O) groups is 1. The Balaban J connectivity index is 1.81. The summed E-state index contributed by atoms with van der Waals surface area (Å²) in [6.07, 6.45) is 4.08. The van der Waals surface area contributed by atoms with Gasteiger partial charge in [0.1, 0.15) is 17.7 Å². The third-order valence-electron chi connectivity index (χ3n) is 7.35. The van der Waals surface area contributed by atoms with Crippen molar-refractivity contribution in [3.8, 4) is 17.0 Å². The van der Waals surface area contributed by atoms with E-state index < -0.39 is 11.6 Å². The normalized spacial score (nSPS) is 12.2. The molecule has 4 aromatic rings. The molecule has 0 bridgehead atoms. The Kier molecular flexibility index (Phi) is 9.81. The predicted octanol–water partition coefficient (Wildman–Crippen LogP) is 5.29. The number of benzene rings is 2. The highest BCUT2D eigenvalue weighted by molar-refractivity contribution is 6.02. The van der Waals surface area contributed by atoms with Gasteiger partial charge in [0.05, 0.1) is 36.1 Å². The van der Waals surface area contributed by atoms with E-state index in [9.17, 15) is 9.90 Å². The number of amides is 1. The summed E-state index contributed by atoms with van der Waals surface area (Å²) in [5.41, 5.74) is 4.68. The van der Waals surface area contributed by atoms with Crippen molar-refractivity contribution in [1.82, 2.24) is 19.4 Å². The van der Waals surface area contributed by atoms with E-state index in [1.165, 1.54) is 6.08 Å². The molecule has 11 nitrogen and oxygen atoms in total. The molecule has 0 saturated carbocycles. The molecular weight excluding hydrogens is 556 g/mol. The molecule has 0 radical (unpaired) electrons. The maximum absolute atomic E-state index is 12.4. The molecule has 11 heteroatoms. The first-order chi connectivity index (χ1) is 20.8. The van der Waals surface area contributed by atoms with Crippen LogP contribution in [-0.2, 0) is 11.8 Å². The number of aromatic nitrogens is 3. The van der Waals surface area contributed by atoms with Gasteiger partial charge in [-0.2, -0.15) is 0 Å². The van der Waals surface area contributed by atoms with E-state index in [-0.39, 0.29) is 5.91 Å². The minimum atomic E-state index is -0.841. The molecular formula is C33H44N8O3. The number of para-hydroxylation sites is 1. The minimum Gasteiger partial charge on any atom is -0.494 e. The summed E-state index contributed by atoms with van der Waals surface area (Å²) in [6.45, 7) is 11.0. The van der Waals surface area contributed by atoms with Gasteiger partial charge in [-0.05, 0) is 32.3 Å². The van der Waals surface area contributed by atoms with Gasteiger partial charge in [0, 0.05) is 61.3 Å². The lowest BCUT2D eigenvalue weighted by molar-refractivity contribution is -0.111. The van der Waals surface area contributed by atoms with Gasteiger partial charge >= 0.3 is 0 Å². The van der Waals surface area contributed by atoms with Crippen molar-refractivity contribution in [2.75, 3.05) is 62.2 Å². The van der Waals surface area contributed by atoms with Crippen LogP contribution in [0.15, 0.2) is 61.4 Å². The van der Waals surface area contributed by atoms with Crippen LogP contribution in [0.25, 0.3) is 22.2 Å². The first kappa shape index (κ1) is 32.3. The minimum absolute atomic E-state index is 0.316. The number of carbonyl (C=O) groups excluding carboxylic acids is 1. The van der Waals surface area contributed by atoms with Gasteiger partial charge in [-0.15, -0.1) is 0 Å². The van der Waals surface area contributed by atoms with Gasteiger partial charge in [0.25, 0.3) is 0 Å². The van der Waals surface area contributed by atoms with Gasteiger partial charge in [-0.3, -0.25) is 4.79 Å². The van der Waals surface area contributed by atoms with E-state index >= 15 is 0 Å². The number of ether oxygens (including phenoxy) is 1. The molecule has 2 aromatic carbocycles. The second-order valence-corrected chi connectivity index (χ2v) is 12.2. The second-order valence-electron chi connectivity index (χ2n) is 12.2. The highest BCUT2D eigenvalue weighted by atomic mass is 16.5. The van der Waals surface area contributed by atoms with Crippen molar-refractivity contribution in [1.29, 1.82) is 0 Å². The first-order valence-electron chi connectivity index (χ1n) is 14.5. The van der Waals surface area contributed by atoms with Crippen LogP contribution in [0.4, 0.5) is 28.7 Å². The van der Waals surface area contributed by atoms with E-state index in [2.05, 4.69) is 43.4 Å². The van der Waals surface area contributed by atoms with Crippen molar-refractivity contribution in [3.63, 3.8) is 0 Å². The SMILES string of the molecule is C=CC(=O)Nc1cc(Nc2ncc(NC(O)C(C)(C)C)c(-c3cn(C)c4ccccc34)n2)c(OC)cc1N(C)CCN(C)C. The number of hydrogen-bond acceptors (Lipinski definition) is 9. The fraction of sp³-hybridized carbons (Fsp3) is 0.364. The number of hydrogen-bond donors (Lipinski definition) is 4. The monoisotopic (exact) mass is 600 g/mol. The molecule has 0 aliphatic rings. The van der Waals surface area contributed by atoms with Crippen LogP contribution < -0.4 is 25.6 Å². The Morgan fingerprint density at radius 3 is 2.52 bits per heavy atom. The fourth-order valence-electron chi connectivity index (χ4n) is 4.67. The zero-order valence-corrected chi connectivity index (χ0v) is 26.9. The van der Waals surface area contributed by atoms with Crippen LogP contribution in [0, 0.1) is 5.41 Å². The molecule has 44 heavy (non-hydrogen) atoms. The number of nitrogens with zero attached hydrogens (tertiary/aromatic N) is 5. The average molecular weight is 601 g/mol. The molecule has 0 fully saturated rings. The molecule has 234 valence electrons. The van der Waals surface area contributed by atoms with Crippen molar-refractivity contribution in [3.05, 3.63) is 61.4 Å². The van der Waals surface area contributed by atoms with Crippen LogP contribution in [0.2, 0.25) is 0 Å². The fourth-order valence-corrected chi connectivity index (χ4v) is 4.67. The number of methoxy groups -OCH3 is 1. The summed E-state index contributed by atoms with van der Waals surface area (Å²) < 4.78 is 7.82. The number of likely N-dealkylation sites (N-methyl/N-ethyl adjacent to an activating group) is 2. The summed E-state index contributed by atoms with van der Waals surface area (Å²) in [7, 11) is 9.57. The summed E-state index contributed by atoms with van der Waals surface area (Å²) >= 11 is 0. The van der Waals surface area contributed by atoms with Gasteiger partial charge in [0.15, 0.2) is 0 Å². The Bertz CT molecular complexity index is 1640. The third kappa shape index (κ3) is 7.29. The molecule has 2 aromatic heterocycles. The quantitative estimate of drug-likeness (QED) is 0.127. The average Bonchev–Trinajstić information content (AvgIpc) is 3.32. The molecule has 0 aliphatic heterocycles. The van der Waals surface area contributed by atoms with E-state index in [0.717, 1.165) is 35.2 Å². The number of anilines is 5. The van der Waals surface area contributed by atoms with Crippen LogP contribution in [0.5, 0.6) is 5.75 Å². The lowest BCUT2D eigenvalue weighted by Gasteiger charge is -2.28. The van der Waals surface area contributed by atoms with E-state index in [4.69, 9.17) is 9.72 Å². The maximum Gasteiger partial charge on any atom is 0.247 e. The van der Waals surface area contributed by atoms with Crippen LogP contribution in [0.1, 0.15) is 20.8 Å². The van der Waals surface area contributed by atoms with E-state index in [0.29, 0.717) is 34.5 Å². The number of nitrogens with one attached hydrogen (secondary N) is 3. The van der Waals surface area contributed by atoms with Crippen LogP contribution in [-0.4, -0.2) is 78.0 Å². The molecule has 0 aliphatic carbocycles. The van der Waals surface area contributed by atoms with E-state index in [1.54, 1.807) is 19.4 Å². The number of aliphatic hydroxyl groups excluding tert-OH is 1. The van der Waals surface area contributed by atoms with Gasteiger partial charge in [-0.25, -0.2) is 9.97 Å². The Hall–Kier alpha value is -4.61. The lowest BCUT2D eigenvalue weighted by atomic mass is 9.94. The standard InChI is InChI=1S/C33H44N8O3/c1-10-29(42)35-23-17-24(28(44-9)18-27(23)40(7)16-15-39(5)6)37-32-34-19-25(36-31(43)33(2,3)4)30(38-32)22-20-41(8)26-14-12-11-13-21(22)26/h10-14,17-20,31,36,43H,1,15-16H2,2-9H3,(H,35,42)(H,34,37,38). The van der Waals surface area contributed by atoms with Crippen molar-refractivity contribution < 1.29 is 14.6 Å². The van der Waals surface area contributed by atoms with Gasteiger partial charge < -0.3 is 40.2 Å². The zero-order valence-electron chi connectivity index (χ0n) is 26.9. The molecule has 4 N–H and O–H groups in total. The number of fused-ring (bicyclic) bond motifs is 1. The number of aliphatic hydroxyl groups is 1. The highest BCUT2D eigenvalue weighted by Gasteiger charge is 2.25. The molecule has 4 rings (SSSR count). The number of aryl methyl sites for hydroxylation is 1.